The lowest BCUT2D eigenvalue weighted by molar-refractivity contribution is 0.980. The van der Waals surface area contributed by atoms with E-state index in [0.717, 1.165) is 24.2 Å². The van der Waals surface area contributed by atoms with E-state index >= 15 is 0 Å². The summed E-state index contributed by atoms with van der Waals surface area (Å²) in [4.78, 5) is 12.7. The fraction of sp³-hybridized carbons (Fsp3) is 0.143. The van der Waals surface area contributed by atoms with Gasteiger partial charge in [-0.1, -0.05) is 0 Å². The van der Waals surface area contributed by atoms with Crippen LogP contribution in [-0.4, -0.2) is 31.7 Å². The Kier molecular flexibility index (Phi) is 3.64. The molecule has 0 amide bonds. The van der Waals surface area contributed by atoms with Crippen LogP contribution in [0.1, 0.15) is 5.56 Å². The summed E-state index contributed by atoms with van der Waals surface area (Å²) >= 11 is 0. The van der Waals surface area contributed by atoms with Crippen molar-refractivity contribution >= 4 is 5.95 Å². The third-order valence-corrected chi connectivity index (χ3v) is 2.90. The van der Waals surface area contributed by atoms with Gasteiger partial charge in [-0.05, 0) is 30.2 Å². The van der Waals surface area contributed by atoms with Gasteiger partial charge in [0.1, 0.15) is 0 Å². The van der Waals surface area contributed by atoms with Crippen molar-refractivity contribution in [2.24, 2.45) is 0 Å². The molecule has 3 aromatic rings. The smallest absolute Gasteiger partial charge is 0.223 e. The highest BCUT2D eigenvalue weighted by atomic mass is 15.1. The SMILES string of the molecule is c1cc(CCNc2nccc(-c3cn[nH]c3)n2)ccn1. The zero-order valence-corrected chi connectivity index (χ0v) is 10.8. The molecule has 3 heterocycles. The number of H-pyrrole nitrogens is 1. The number of nitrogens with zero attached hydrogens (tertiary/aromatic N) is 4. The number of pyridine rings is 1. The number of hydrogen-bond acceptors (Lipinski definition) is 5. The first-order chi connectivity index (χ1) is 9.92. The average Bonchev–Trinajstić information content (AvgIpc) is 3.03. The molecule has 0 saturated heterocycles. The second-order valence-electron chi connectivity index (χ2n) is 4.28. The van der Waals surface area contributed by atoms with E-state index in [1.54, 1.807) is 24.8 Å². The fourth-order valence-corrected chi connectivity index (χ4v) is 1.86. The number of hydrogen-bond donors (Lipinski definition) is 2. The predicted octanol–water partition coefficient (Wildman–Crippen LogP) is 1.92. The second kappa shape index (κ2) is 5.92. The van der Waals surface area contributed by atoms with Crippen LogP contribution in [0.5, 0.6) is 0 Å². The van der Waals surface area contributed by atoms with E-state index in [4.69, 9.17) is 0 Å². The minimum Gasteiger partial charge on any atom is -0.354 e. The standard InChI is InChI=1S/C14H14N6/c1-5-15-6-2-11(1)3-7-16-14-17-8-4-13(20-14)12-9-18-19-10-12/h1-2,4-6,8-10H,3,7H2,(H,18,19)(H,16,17,20). The van der Waals surface area contributed by atoms with E-state index in [0.29, 0.717) is 5.95 Å². The van der Waals surface area contributed by atoms with Crippen LogP contribution in [-0.2, 0) is 6.42 Å². The highest BCUT2D eigenvalue weighted by molar-refractivity contribution is 5.57. The molecule has 0 aliphatic carbocycles. The van der Waals surface area contributed by atoms with Crippen LogP contribution in [0.4, 0.5) is 5.95 Å². The average molecular weight is 266 g/mol. The van der Waals surface area contributed by atoms with Crippen molar-refractivity contribution in [1.82, 2.24) is 25.1 Å². The molecule has 3 rings (SSSR count). The van der Waals surface area contributed by atoms with E-state index in [1.807, 2.05) is 24.4 Å². The van der Waals surface area contributed by atoms with E-state index < -0.39 is 0 Å². The number of aromatic amines is 1. The molecule has 0 radical (unpaired) electrons. The summed E-state index contributed by atoms with van der Waals surface area (Å²) in [6.07, 6.45) is 9.79. The fourth-order valence-electron chi connectivity index (χ4n) is 1.86. The molecule has 6 nitrogen and oxygen atoms in total. The van der Waals surface area contributed by atoms with Crippen molar-refractivity contribution in [3.8, 4) is 11.3 Å². The van der Waals surface area contributed by atoms with Crippen LogP contribution < -0.4 is 5.32 Å². The molecule has 0 atom stereocenters. The van der Waals surface area contributed by atoms with Crippen LogP contribution >= 0.6 is 0 Å². The summed E-state index contributed by atoms with van der Waals surface area (Å²) in [5.74, 6) is 0.623. The van der Waals surface area contributed by atoms with Gasteiger partial charge in [0.05, 0.1) is 11.9 Å². The lowest BCUT2D eigenvalue weighted by Gasteiger charge is -2.05. The van der Waals surface area contributed by atoms with Gasteiger partial charge < -0.3 is 5.32 Å². The number of anilines is 1. The highest BCUT2D eigenvalue weighted by Crippen LogP contribution is 2.15. The molecule has 0 spiro atoms. The summed E-state index contributed by atoms with van der Waals surface area (Å²) < 4.78 is 0. The van der Waals surface area contributed by atoms with Gasteiger partial charge in [-0.2, -0.15) is 5.10 Å². The van der Waals surface area contributed by atoms with Crippen molar-refractivity contribution in [1.29, 1.82) is 0 Å². The predicted molar refractivity (Wildman–Crippen MR) is 76.0 cm³/mol. The van der Waals surface area contributed by atoms with Crippen molar-refractivity contribution in [3.05, 3.63) is 54.7 Å². The third-order valence-electron chi connectivity index (χ3n) is 2.90. The lowest BCUT2D eigenvalue weighted by atomic mass is 10.2. The molecule has 3 aromatic heterocycles. The molecule has 100 valence electrons. The molecule has 0 saturated carbocycles. The first kappa shape index (κ1) is 12.3. The summed E-state index contributed by atoms with van der Waals surface area (Å²) in [7, 11) is 0. The molecule has 0 unspecified atom stereocenters. The number of aromatic nitrogens is 5. The first-order valence-corrected chi connectivity index (χ1v) is 6.37. The Morgan fingerprint density at radius 3 is 2.80 bits per heavy atom. The largest absolute Gasteiger partial charge is 0.354 e. The Balaban J connectivity index is 1.62. The van der Waals surface area contributed by atoms with Crippen LogP contribution in [0.15, 0.2) is 49.2 Å². The van der Waals surface area contributed by atoms with Crippen molar-refractivity contribution < 1.29 is 0 Å². The maximum absolute atomic E-state index is 4.45. The molecule has 20 heavy (non-hydrogen) atoms. The Morgan fingerprint density at radius 2 is 2.00 bits per heavy atom. The minimum absolute atomic E-state index is 0.623. The Labute approximate surface area is 116 Å². The van der Waals surface area contributed by atoms with Gasteiger partial charge in [0.15, 0.2) is 0 Å². The molecule has 0 aromatic carbocycles. The molecule has 2 N–H and O–H groups in total. The lowest BCUT2D eigenvalue weighted by Crippen LogP contribution is -2.08. The zero-order valence-electron chi connectivity index (χ0n) is 10.8. The van der Waals surface area contributed by atoms with Crippen molar-refractivity contribution in [2.45, 2.75) is 6.42 Å². The molecular formula is C14H14N6. The molecule has 6 heteroatoms. The maximum atomic E-state index is 4.45. The van der Waals surface area contributed by atoms with Crippen LogP contribution in [0.2, 0.25) is 0 Å². The molecule has 0 fully saturated rings. The van der Waals surface area contributed by atoms with E-state index in [1.165, 1.54) is 5.56 Å². The summed E-state index contributed by atoms with van der Waals surface area (Å²) in [6, 6.07) is 5.87. The molecule has 0 aliphatic rings. The number of nitrogens with one attached hydrogen (secondary N) is 2. The zero-order chi connectivity index (χ0) is 13.6. The van der Waals surface area contributed by atoms with E-state index in [9.17, 15) is 0 Å². The van der Waals surface area contributed by atoms with E-state index in [-0.39, 0.29) is 0 Å². The van der Waals surface area contributed by atoms with Gasteiger partial charge in [-0.25, -0.2) is 9.97 Å². The first-order valence-electron chi connectivity index (χ1n) is 6.37. The minimum atomic E-state index is 0.623. The summed E-state index contributed by atoms with van der Waals surface area (Å²) in [6.45, 7) is 0.777. The van der Waals surface area contributed by atoms with Crippen molar-refractivity contribution in [3.63, 3.8) is 0 Å². The van der Waals surface area contributed by atoms with E-state index in [2.05, 4.69) is 30.5 Å². The Hall–Kier alpha value is -2.76. The normalized spacial score (nSPS) is 10.4. The van der Waals surface area contributed by atoms with Gasteiger partial charge in [-0.3, -0.25) is 10.1 Å². The molecule has 0 bridgehead atoms. The molecule has 0 aliphatic heterocycles. The van der Waals surface area contributed by atoms with Gasteiger partial charge in [0.25, 0.3) is 0 Å². The quantitative estimate of drug-likeness (QED) is 0.737. The Bertz CT molecular complexity index is 650. The second-order valence-corrected chi connectivity index (χ2v) is 4.28. The van der Waals surface area contributed by atoms with Crippen molar-refractivity contribution in [2.75, 3.05) is 11.9 Å². The maximum Gasteiger partial charge on any atom is 0.223 e. The van der Waals surface area contributed by atoms with Crippen LogP contribution in [0, 0.1) is 0 Å². The van der Waals surface area contributed by atoms with Gasteiger partial charge in [0, 0.05) is 36.9 Å². The van der Waals surface area contributed by atoms with Crippen LogP contribution in [0.25, 0.3) is 11.3 Å². The van der Waals surface area contributed by atoms with Gasteiger partial charge >= 0.3 is 0 Å². The topological polar surface area (TPSA) is 79.4 Å². The Morgan fingerprint density at radius 1 is 1.10 bits per heavy atom. The monoisotopic (exact) mass is 266 g/mol. The molecular weight excluding hydrogens is 252 g/mol. The summed E-state index contributed by atoms with van der Waals surface area (Å²) in [5, 5.41) is 9.92. The summed E-state index contributed by atoms with van der Waals surface area (Å²) in [5.41, 5.74) is 3.03. The van der Waals surface area contributed by atoms with Gasteiger partial charge in [0.2, 0.25) is 5.95 Å². The van der Waals surface area contributed by atoms with Crippen LogP contribution in [0.3, 0.4) is 0 Å². The third kappa shape index (κ3) is 2.97. The van der Waals surface area contributed by atoms with Gasteiger partial charge in [-0.15, -0.1) is 0 Å². The highest BCUT2D eigenvalue weighted by Gasteiger charge is 2.02. The number of rotatable bonds is 5.